The summed E-state index contributed by atoms with van der Waals surface area (Å²) < 4.78 is 11.7. The number of rotatable bonds is 5. The van der Waals surface area contributed by atoms with E-state index in [0.29, 0.717) is 0 Å². The molecule has 9 nitrogen and oxygen atoms in total. The normalized spacial score (nSPS) is 10.8. The molecule has 13 heavy (non-hydrogen) atoms. The lowest BCUT2D eigenvalue weighted by atomic mass is 10.3. The monoisotopic (exact) mass is 197 g/mol. The highest BCUT2D eigenvalue weighted by molar-refractivity contribution is 4.52. The van der Waals surface area contributed by atoms with Gasteiger partial charge in [0.2, 0.25) is 0 Å². The highest BCUT2D eigenvalue weighted by Gasteiger charge is 2.69. The maximum Gasteiger partial charge on any atom is 0.702 e. The van der Waals surface area contributed by atoms with Gasteiger partial charge in [-0.3, -0.25) is 34.7 Å². The zero-order valence-electron chi connectivity index (χ0n) is 6.08. The third-order valence-electron chi connectivity index (χ3n) is 1.31. The average molecular weight is 197 g/mol. The van der Waals surface area contributed by atoms with Crippen LogP contribution >= 0.6 is 0 Å². The number of hydrogen-bond donors (Lipinski definition) is 0. The molecular formula is C3H4FN3O6. The standard InChI is InChI=1S/C3H4FN3O6/c4-2-1-3(5(8)9,6(10)11)7(12)13/h1-2H2. The van der Waals surface area contributed by atoms with Crippen LogP contribution in [0.4, 0.5) is 4.39 Å². The van der Waals surface area contributed by atoms with E-state index in [1.807, 2.05) is 0 Å². The SMILES string of the molecule is O=[N+]([O-])C(CCF)([N+](=O)[O-])[N+](=O)[O-]. The van der Waals surface area contributed by atoms with Gasteiger partial charge in [-0.1, -0.05) is 0 Å². The van der Waals surface area contributed by atoms with E-state index in [2.05, 4.69) is 0 Å². The van der Waals surface area contributed by atoms with Crippen LogP contribution in [0, 0.1) is 30.3 Å². The smallest absolute Gasteiger partial charge is 0.253 e. The Morgan fingerprint density at radius 1 is 1.00 bits per heavy atom. The van der Waals surface area contributed by atoms with Crippen LogP contribution in [0.1, 0.15) is 6.42 Å². The summed E-state index contributed by atoms with van der Waals surface area (Å²) in [7, 11) is 0. The van der Waals surface area contributed by atoms with Crippen LogP contribution in [0.15, 0.2) is 0 Å². The Morgan fingerprint density at radius 3 is 1.38 bits per heavy atom. The molecule has 0 aliphatic rings. The minimum Gasteiger partial charge on any atom is -0.253 e. The first kappa shape index (κ1) is 11.1. The third kappa shape index (κ3) is 1.65. The summed E-state index contributed by atoms with van der Waals surface area (Å²) in [5.74, 6) is -3.66. The van der Waals surface area contributed by atoms with Crippen LogP contribution in [0.3, 0.4) is 0 Å². The quantitative estimate of drug-likeness (QED) is 0.341. The highest BCUT2D eigenvalue weighted by Crippen LogP contribution is 2.16. The minimum atomic E-state index is -3.66. The predicted octanol–water partition coefficient (Wildman–Crippen LogP) is -0.170. The zero-order valence-corrected chi connectivity index (χ0v) is 6.08. The van der Waals surface area contributed by atoms with E-state index in [-0.39, 0.29) is 0 Å². The van der Waals surface area contributed by atoms with Gasteiger partial charge in [-0.25, -0.2) is 0 Å². The first-order valence-electron chi connectivity index (χ1n) is 2.89. The maximum absolute atomic E-state index is 11.7. The Kier molecular flexibility index (Phi) is 3.16. The summed E-state index contributed by atoms with van der Waals surface area (Å²) in [6.45, 7) is -1.51. The van der Waals surface area contributed by atoms with Crippen LogP contribution in [0.5, 0.6) is 0 Å². The second-order valence-corrected chi connectivity index (χ2v) is 1.98. The van der Waals surface area contributed by atoms with Crippen LogP contribution < -0.4 is 0 Å². The Morgan fingerprint density at radius 2 is 1.31 bits per heavy atom. The number of nitrogens with zero attached hydrogens (tertiary/aromatic N) is 3. The molecule has 0 bridgehead atoms. The molecule has 0 aromatic rings. The molecule has 0 heterocycles. The third-order valence-corrected chi connectivity index (χ3v) is 1.31. The van der Waals surface area contributed by atoms with Crippen molar-refractivity contribution in [1.82, 2.24) is 0 Å². The van der Waals surface area contributed by atoms with Gasteiger partial charge in [-0.05, 0) is 0 Å². The van der Waals surface area contributed by atoms with E-state index >= 15 is 0 Å². The van der Waals surface area contributed by atoms with Crippen LogP contribution in [-0.2, 0) is 0 Å². The van der Waals surface area contributed by atoms with Crippen molar-refractivity contribution < 1.29 is 19.2 Å². The minimum absolute atomic E-state index is 1.39. The Balaban J connectivity index is 5.18. The molecule has 0 aromatic carbocycles. The molecule has 0 N–H and O–H groups in total. The Bertz CT molecular complexity index is 217. The summed E-state index contributed by atoms with van der Waals surface area (Å²) >= 11 is 0. The van der Waals surface area contributed by atoms with Crippen molar-refractivity contribution in [2.75, 3.05) is 6.67 Å². The molecule has 0 saturated heterocycles. The van der Waals surface area contributed by atoms with Crippen LogP contribution in [0.25, 0.3) is 0 Å². The van der Waals surface area contributed by atoms with Crippen molar-refractivity contribution >= 4 is 0 Å². The van der Waals surface area contributed by atoms with Crippen molar-refractivity contribution in [3.63, 3.8) is 0 Å². The molecule has 0 atom stereocenters. The second kappa shape index (κ2) is 3.69. The summed E-state index contributed by atoms with van der Waals surface area (Å²) in [6.07, 6.45) is -1.39. The molecule has 10 heteroatoms. The largest absolute Gasteiger partial charge is 0.702 e. The van der Waals surface area contributed by atoms with E-state index < -0.39 is 33.7 Å². The van der Waals surface area contributed by atoms with Gasteiger partial charge in [0.25, 0.3) is 0 Å². The molecule has 0 aliphatic carbocycles. The van der Waals surface area contributed by atoms with Gasteiger partial charge in [0.1, 0.15) is 6.67 Å². The van der Waals surface area contributed by atoms with E-state index in [1.54, 1.807) is 0 Å². The Labute approximate surface area is 69.6 Å². The fourth-order valence-electron chi connectivity index (χ4n) is 0.601. The lowest BCUT2D eigenvalue weighted by Gasteiger charge is -2.05. The number of nitro groups is 3. The van der Waals surface area contributed by atoms with Gasteiger partial charge in [0, 0.05) is 0 Å². The molecule has 0 unspecified atom stereocenters. The van der Waals surface area contributed by atoms with E-state index in [0.717, 1.165) is 0 Å². The first-order valence-corrected chi connectivity index (χ1v) is 2.89. The topological polar surface area (TPSA) is 129 Å². The Hall–Kier alpha value is -1.87. The molecule has 0 aromatic heterocycles. The fraction of sp³-hybridized carbons (Fsp3) is 1.00. The fourth-order valence-corrected chi connectivity index (χ4v) is 0.601. The average Bonchev–Trinajstić information content (AvgIpc) is 1.97. The lowest BCUT2D eigenvalue weighted by molar-refractivity contribution is -0.970. The van der Waals surface area contributed by atoms with Crippen molar-refractivity contribution in [3.05, 3.63) is 30.3 Å². The van der Waals surface area contributed by atoms with E-state index in [4.69, 9.17) is 0 Å². The molecule has 0 amide bonds. The van der Waals surface area contributed by atoms with Crippen molar-refractivity contribution in [1.29, 1.82) is 0 Å². The molecule has 74 valence electrons. The second-order valence-electron chi connectivity index (χ2n) is 1.98. The molecule has 0 saturated carbocycles. The number of alkyl halides is 1. The highest BCUT2D eigenvalue weighted by atomic mass is 19.1. The molecule has 0 radical (unpaired) electrons. The van der Waals surface area contributed by atoms with Crippen molar-refractivity contribution in [2.45, 2.75) is 12.2 Å². The predicted molar refractivity (Wildman–Crippen MR) is 34.3 cm³/mol. The van der Waals surface area contributed by atoms with E-state index in [1.165, 1.54) is 0 Å². The summed E-state index contributed by atoms with van der Waals surface area (Å²) in [5.41, 5.74) is 0. The number of hydrogen-bond acceptors (Lipinski definition) is 6. The summed E-state index contributed by atoms with van der Waals surface area (Å²) in [6, 6.07) is 0. The zero-order chi connectivity index (χ0) is 10.6. The maximum atomic E-state index is 11.7. The first-order chi connectivity index (χ1) is 5.89. The molecular weight excluding hydrogens is 193 g/mol. The lowest BCUT2D eigenvalue weighted by Crippen LogP contribution is -2.53. The summed E-state index contributed by atoms with van der Waals surface area (Å²) in [5, 5.41) is 30.1. The van der Waals surface area contributed by atoms with Gasteiger partial charge in [0.15, 0.2) is 21.2 Å². The van der Waals surface area contributed by atoms with Gasteiger partial charge in [0.05, 0.1) is 0 Å². The summed E-state index contributed by atoms with van der Waals surface area (Å²) in [4.78, 5) is 25.0. The molecule has 0 fully saturated rings. The molecule has 0 aliphatic heterocycles. The molecule has 0 spiro atoms. The van der Waals surface area contributed by atoms with Gasteiger partial charge in [-0.15, -0.1) is 0 Å². The number of halogens is 1. The van der Waals surface area contributed by atoms with Gasteiger partial charge in [-0.2, -0.15) is 0 Å². The van der Waals surface area contributed by atoms with Crippen LogP contribution in [-0.4, -0.2) is 27.2 Å². The van der Waals surface area contributed by atoms with Gasteiger partial charge >= 0.3 is 5.79 Å². The van der Waals surface area contributed by atoms with Crippen LogP contribution in [0.2, 0.25) is 0 Å². The van der Waals surface area contributed by atoms with Crippen molar-refractivity contribution in [2.24, 2.45) is 0 Å². The molecule has 0 rings (SSSR count). The van der Waals surface area contributed by atoms with Gasteiger partial charge < -0.3 is 0 Å². The van der Waals surface area contributed by atoms with E-state index in [9.17, 15) is 34.7 Å². The van der Waals surface area contributed by atoms with Crippen molar-refractivity contribution in [3.8, 4) is 0 Å².